The van der Waals surface area contributed by atoms with Crippen LogP contribution >= 0.6 is 11.6 Å². The minimum atomic E-state index is -0.202. The molecule has 1 amide bonds. The molecule has 0 atom stereocenters. The lowest BCUT2D eigenvalue weighted by Crippen LogP contribution is -2.07. The maximum atomic E-state index is 12.0. The third-order valence-electron chi connectivity index (χ3n) is 3.67. The van der Waals surface area contributed by atoms with Crippen molar-refractivity contribution in [2.45, 2.75) is 13.8 Å². The molecular weight excluding hydrogens is 310 g/mol. The van der Waals surface area contributed by atoms with Gasteiger partial charge in [0.25, 0.3) is 0 Å². The molecule has 0 aliphatic heterocycles. The van der Waals surface area contributed by atoms with Crippen molar-refractivity contribution in [1.82, 2.24) is 0 Å². The highest BCUT2D eigenvalue weighted by Crippen LogP contribution is 2.23. The lowest BCUT2D eigenvalue weighted by molar-refractivity contribution is -0.111. The van der Waals surface area contributed by atoms with Crippen LogP contribution in [0.3, 0.4) is 0 Å². The average molecular weight is 326 g/mol. The normalized spacial score (nSPS) is 11.3. The predicted octanol–water partition coefficient (Wildman–Crippen LogP) is 5.35. The molecule has 4 heteroatoms. The summed E-state index contributed by atoms with van der Waals surface area (Å²) in [6, 6.07) is 13.1. The smallest absolute Gasteiger partial charge is 0.248 e. The van der Waals surface area contributed by atoms with Crippen molar-refractivity contribution in [2.75, 3.05) is 5.32 Å². The van der Waals surface area contributed by atoms with E-state index in [1.165, 1.54) is 11.6 Å². The molecule has 0 aliphatic rings. The maximum absolute atomic E-state index is 12.0. The number of furan rings is 1. The maximum Gasteiger partial charge on any atom is 0.248 e. The predicted molar refractivity (Wildman–Crippen MR) is 94.8 cm³/mol. The highest BCUT2D eigenvalue weighted by Gasteiger charge is 2.03. The van der Waals surface area contributed by atoms with E-state index in [0.717, 1.165) is 22.2 Å². The molecule has 0 unspecified atom stereocenters. The van der Waals surface area contributed by atoms with E-state index in [-0.39, 0.29) is 5.91 Å². The summed E-state index contributed by atoms with van der Waals surface area (Å²) in [6.45, 7) is 4.05. The van der Waals surface area contributed by atoms with Gasteiger partial charge >= 0.3 is 0 Å². The number of nitrogens with one attached hydrogen (secondary N) is 1. The second-order valence-corrected chi connectivity index (χ2v) is 5.89. The third kappa shape index (κ3) is 3.63. The Morgan fingerprint density at radius 3 is 2.70 bits per heavy atom. The van der Waals surface area contributed by atoms with E-state index in [2.05, 4.69) is 5.32 Å². The van der Waals surface area contributed by atoms with Gasteiger partial charge in [0, 0.05) is 22.2 Å². The molecule has 23 heavy (non-hydrogen) atoms. The molecule has 0 saturated carbocycles. The van der Waals surface area contributed by atoms with Gasteiger partial charge < -0.3 is 9.73 Å². The lowest BCUT2D eigenvalue weighted by Gasteiger charge is -2.05. The fourth-order valence-corrected chi connectivity index (χ4v) is 2.46. The minimum absolute atomic E-state index is 0.202. The molecule has 116 valence electrons. The Bertz CT molecular complexity index is 909. The molecule has 0 aliphatic carbocycles. The van der Waals surface area contributed by atoms with Crippen molar-refractivity contribution >= 4 is 40.2 Å². The quantitative estimate of drug-likeness (QED) is 0.659. The zero-order valence-electron chi connectivity index (χ0n) is 12.9. The van der Waals surface area contributed by atoms with E-state index in [4.69, 9.17) is 16.0 Å². The SMILES string of the molecule is Cc1ccc(NC(=O)/C=C/c2cc3cc(Cl)ccc3o2)cc1C. The van der Waals surface area contributed by atoms with Crippen LogP contribution in [0.5, 0.6) is 0 Å². The topological polar surface area (TPSA) is 42.2 Å². The summed E-state index contributed by atoms with van der Waals surface area (Å²) >= 11 is 5.95. The first-order valence-corrected chi connectivity index (χ1v) is 7.64. The molecule has 1 aromatic heterocycles. The van der Waals surface area contributed by atoms with Gasteiger partial charge in [-0.3, -0.25) is 4.79 Å². The van der Waals surface area contributed by atoms with Gasteiger partial charge in [0.1, 0.15) is 11.3 Å². The molecular formula is C19H16ClNO2. The number of aryl methyl sites for hydroxylation is 2. The Morgan fingerprint density at radius 2 is 1.91 bits per heavy atom. The van der Waals surface area contributed by atoms with E-state index in [0.29, 0.717) is 10.8 Å². The fourth-order valence-electron chi connectivity index (χ4n) is 2.28. The summed E-state index contributed by atoms with van der Waals surface area (Å²) in [6.07, 6.45) is 3.10. The van der Waals surface area contributed by atoms with Gasteiger partial charge in [-0.15, -0.1) is 0 Å². The lowest BCUT2D eigenvalue weighted by atomic mass is 10.1. The molecule has 1 heterocycles. The molecule has 0 bridgehead atoms. The van der Waals surface area contributed by atoms with Crippen molar-refractivity contribution in [3.63, 3.8) is 0 Å². The van der Waals surface area contributed by atoms with Crippen molar-refractivity contribution < 1.29 is 9.21 Å². The number of carbonyl (C=O) groups is 1. The molecule has 3 nitrogen and oxygen atoms in total. The largest absolute Gasteiger partial charge is 0.457 e. The van der Waals surface area contributed by atoms with Crippen molar-refractivity contribution in [3.05, 3.63) is 70.5 Å². The zero-order chi connectivity index (χ0) is 16.4. The molecule has 2 aromatic carbocycles. The number of amides is 1. The van der Waals surface area contributed by atoms with Gasteiger partial charge in [-0.05, 0) is 67.4 Å². The van der Waals surface area contributed by atoms with Gasteiger partial charge in [0.05, 0.1) is 0 Å². The fraction of sp³-hybridized carbons (Fsp3) is 0.105. The van der Waals surface area contributed by atoms with E-state index in [1.807, 2.05) is 50.2 Å². The molecule has 3 rings (SSSR count). The van der Waals surface area contributed by atoms with Crippen molar-refractivity contribution in [1.29, 1.82) is 0 Å². The number of hydrogen-bond acceptors (Lipinski definition) is 2. The molecule has 0 radical (unpaired) electrons. The minimum Gasteiger partial charge on any atom is -0.457 e. The van der Waals surface area contributed by atoms with Gasteiger partial charge in [-0.25, -0.2) is 0 Å². The number of carbonyl (C=O) groups excluding carboxylic acids is 1. The van der Waals surface area contributed by atoms with Crippen LogP contribution in [0.25, 0.3) is 17.0 Å². The molecule has 0 spiro atoms. The Hall–Kier alpha value is -2.52. The average Bonchev–Trinajstić information content (AvgIpc) is 2.91. The summed E-state index contributed by atoms with van der Waals surface area (Å²) in [5, 5.41) is 4.40. The third-order valence-corrected chi connectivity index (χ3v) is 3.91. The summed E-state index contributed by atoms with van der Waals surface area (Å²) in [5.74, 6) is 0.407. The van der Waals surface area contributed by atoms with Gasteiger partial charge in [0.2, 0.25) is 5.91 Å². The van der Waals surface area contributed by atoms with E-state index in [9.17, 15) is 4.79 Å². The number of benzene rings is 2. The van der Waals surface area contributed by atoms with Crippen LogP contribution in [0.1, 0.15) is 16.9 Å². The van der Waals surface area contributed by atoms with Crippen LogP contribution in [0.15, 0.2) is 53.0 Å². The first-order chi connectivity index (χ1) is 11.0. The van der Waals surface area contributed by atoms with Crippen LogP contribution in [-0.4, -0.2) is 5.91 Å². The molecule has 0 saturated heterocycles. The summed E-state index contributed by atoms with van der Waals surface area (Å²) < 4.78 is 5.63. The van der Waals surface area contributed by atoms with E-state index in [1.54, 1.807) is 12.1 Å². The number of halogens is 1. The monoisotopic (exact) mass is 325 g/mol. The van der Waals surface area contributed by atoms with E-state index >= 15 is 0 Å². The summed E-state index contributed by atoms with van der Waals surface area (Å²) in [5.41, 5.74) is 3.85. The van der Waals surface area contributed by atoms with Crippen LogP contribution in [-0.2, 0) is 4.79 Å². The highest BCUT2D eigenvalue weighted by molar-refractivity contribution is 6.31. The van der Waals surface area contributed by atoms with Crippen molar-refractivity contribution in [2.24, 2.45) is 0 Å². The van der Waals surface area contributed by atoms with Gasteiger partial charge in [-0.1, -0.05) is 17.7 Å². The second kappa shape index (κ2) is 6.31. The Labute approximate surface area is 139 Å². The van der Waals surface area contributed by atoms with Crippen LogP contribution in [0.2, 0.25) is 5.02 Å². The number of rotatable bonds is 3. The first-order valence-electron chi connectivity index (χ1n) is 7.27. The number of anilines is 1. The van der Waals surface area contributed by atoms with Crippen molar-refractivity contribution in [3.8, 4) is 0 Å². The second-order valence-electron chi connectivity index (χ2n) is 5.45. The molecule has 3 aromatic rings. The Kier molecular flexibility index (Phi) is 4.22. The Balaban J connectivity index is 1.72. The van der Waals surface area contributed by atoms with Gasteiger partial charge in [-0.2, -0.15) is 0 Å². The summed E-state index contributed by atoms with van der Waals surface area (Å²) in [4.78, 5) is 12.0. The standard InChI is InChI=1S/C19H16ClNO2/c1-12-3-5-16(9-13(12)2)21-19(22)8-6-17-11-14-10-15(20)4-7-18(14)23-17/h3-11H,1-2H3,(H,21,22)/b8-6+. The number of hydrogen-bond donors (Lipinski definition) is 1. The summed E-state index contributed by atoms with van der Waals surface area (Å²) in [7, 11) is 0. The molecule has 1 N–H and O–H groups in total. The highest BCUT2D eigenvalue weighted by atomic mass is 35.5. The first kappa shape index (κ1) is 15.4. The van der Waals surface area contributed by atoms with Crippen LogP contribution in [0, 0.1) is 13.8 Å². The van der Waals surface area contributed by atoms with E-state index < -0.39 is 0 Å². The van der Waals surface area contributed by atoms with Crippen LogP contribution in [0.4, 0.5) is 5.69 Å². The zero-order valence-corrected chi connectivity index (χ0v) is 13.6. The Morgan fingerprint density at radius 1 is 1.09 bits per heavy atom. The number of fused-ring (bicyclic) bond motifs is 1. The molecule has 0 fully saturated rings. The van der Waals surface area contributed by atoms with Crippen LogP contribution < -0.4 is 5.32 Å². The van der Waals surface area contributed by atoms with Gasteiger partial charge in [0.15, 0.2) is 0 Å².